The zero-order chi connectivity index (χ0) is 18.9. The van der Waals surface area contributed by atoms with Gasteiger partial charge in [-0.2, -0.15) is 0 Å². The Hall–Kier alpha value is -2.25. The second-order valence-electron chi connectivity index (χ2n) is 5.74. The van der Waals surface area contributed by atoms with E-state index in [9.17, 15) is 14.0 Å². The fourth-order valence-corrected chi connectivity index (χ4v) is 2.58. The number of benzene rings is 1. The van der Waals surface area contributed by atoms with Gasteiger partial charge in [-0.25, -0.2) is 9.18 Å². The number of ether oxygens (including phenoxy) is 3. The van der Waals surface area contributed by atoms with Gasteiger partial charge in [-0.15, -0.1) is 0 Å². The predicted octanol–water partition coefficient (Wildman–Crippen LogP) is 2.32. The molecule has 7 heteroatoms. The summed E-state index contributed by atoms with van der Waals surface area (Å²) in [5, 5.41) is 0. The standard InChI is InChI=1S/C19H24FNO5/c1-3-24-13-16(19(23)26-4-2)18(22)15-11-14(5-6-17(15)20)12-21-7-9-25-10-8-21/h5-6,11,13H,3-4,7-10,12H2,1-2H3. The highest BCUT2D eigenvalue weighted by atomic mass is 19.1. The van der Waals surface area contributed by atoms with Crippen molar-refractivity contribution in [3.8, 4) is 0 Å². The van der Waals surface area contributed by atoms with Crippen LogP contribution in [0, 0.1) is 5.82 Å². The molecule has 1 heterocycles. The van der Waals surface area contributed by atoms with E-state index in [0.29, 0.717) is 19.8 Å². The number of nitrogens with zero attached hydrogens (tertiary/aromatic N) is 1. The molecule has 1 saturated heterocycles. The largest absolute Gasteiger partial charge is 0.500 e. The number of rotatable bonds is 8. The lowest BCUT2D eigenvalue weighted by Crippen LogP contribution is -2.35. The van der Waals surface area contributed by atoms with Gasteiger partial charge in [-0.05, 0) is 31.5 Å². The van der Waals surface area contributed by atoms with E-state index in [1.807, 2.05) is 0 Å². The Labute approximate surface area is 152 Å². The van der Waals surface area contributed by atoms with Crippen LogP contribution in [0.3, 0.4) is 0 Å². The van der Waals surface area contributed by atoms with E-state index >= 15 is 0 Å². The molecule has 1 fully saturated rings. The molecule has 0 saturated carbocycles. The molecule has 1 aliphatic rings. The van der Waals surface area contributed by atoms with E-state index in [-0.39, 0.29) is 24.4 Å². The molecule has 0 spiro atoms. The molecule has 0 aliphatic carbocycles. The van der Waals surface area contributed by atoms with Crippen LogP contribution in [0.4, 0.5) is 4.39 Å². The van der Waals surface area contributed by atoms with E-state index in [2.05, 4.69) is 4.90 Å². The van der Waals surface area contributed by atoms with Crippen molar-refractivity contribution in [3.05, 3.63) is 47.0 Å². The van der Waals surface area contributed by atoms with Gasteiger partial charge in [0.1, 0.15) is 17.7 Å². The summed E-state index contributed by atoms with van der Waals surface area (Å²) in [5.41, 5.74) is 0.294. The lowest BCUT2D eigenvalue weighted by molar-refractivity contribution is -0.138. The van der Waals surface area contributed by atoms with E-state index in [4.69, 9.17) is 14.2 Å². The number of carbonyl (C=O) groups is 2. The highest BCUT2D eigenvalue weighted by molar-refractivity contribution is 6.24. The molecule has 6 nitrogen and oxygen atoms in total. The Morgan fingerprint density at radius 2 is 1.96 bits per heavy atom. The maximum absolute atomic E-state index is 14.3. The van der Waals surface area contributed by atoms with Crippen molar-refractivity contribution in [1.82, 2.24) is 4.90 Å². The zero-order valence-corrected chi connectivity index (χ0v) is 15.1. The van der Waals surface area contributed by atoms with Crippen LogP contribution in [0.25, 0.3) is 0 Å². The molecule has 2 rings (SSSR count). The van der Waals surface area contributed by atoms with E-state index in [1.54, 1.807) is 19.9 Å². The van der Waals surface area contributed by atoms with Crippen molar-refractivity contribution >= 4 is 11.8 Å². The van der Waals surface area contributed by atoms with Crippen LogP contribution >= 0.6 is 0 Å². The molecule has 0 unspecified atom stereocenters. The molecular weight excluding hydrogens is 341 g/mol. The van der Waals surface area contributed by atoms with Gasteiger partial charge in [0.05, 0.1) is 32.0 Å². The van der Waals surface area contributed by atoms with Gasteiger partial charge in [0.15, 0.2) is 0 Å². The lowest BCUT2D eigenvalue weighted by atomic mass is 10.0. The average Bonchev–Trinajstić information content (AvgIpc) is 2.64. The summed E-state index contributed by atoms with van der Waals surface area (Å²) >= 11 is 0. The minimum absolute atomic E-state index is 0.106. The van der Waals surface area contributed by atoms with Gasteiger partial charge in [-0.3, -0.25) is 9.69 Å². The Morgan fingerprint density at radius 3 is 2.62 bits per heavy atom. The van der Waals surface area contributed by atoms with Crippen LogP contribution in [-0.4, -0.2) is 56.2 Å². The summed E-state index contributed by atoms with van der Waals surface area (Å²) in [6.07, 6.45) is 1.04. The third-order valence-corrected chi connectivity index (χ3v) is 3.89. The van der Waals surface area contributed by atoms with Crippen molar-refractivity contribution in [2.45, 2.75) is 20.4 Å². The predicted molar refractivity (Wildman–Crippen MR) is 93.2 cm³/mol. The lowest BCUT2D eigenvalue weighted by Gasteiger charge is -2.26. The quantitative estimate of drug-likeness (QED) is 0.176. The molecule has 26 heavy (non-hydrogen) atoms. The van der Waals surface area contributed by atoms with Gasteiger partial charge in [0.25, 0.3) is 0 Å². The zero-order valence-electron chi connectivity index (χ0n) is 15.1. The Kier molecular flexibility index (Phi) is 7.74. The highest BCUT2D eigenvalue weighted by Crippen LogP contribution is 2.18. The molecule has 0 atom stereocenters. The molecule has 0 aromatic heterocycles. The van der Waals surface area contributed by atoms with Crippen molar-refractivity contribution in [1.29, 1.82) is 0 Å². The number of Topliss-reactive ketones (excluding diaryl/α,β-unsaturated/α-hetero) is 1. The molecule has 0 radical (unpaired) electrons. The maximum Gasteiger partial charge on any atom is 0.345 e. The van der Waals surface area contributed by atoms with Gasteiger partial charge in [-0.1, -0.05) is 6.07 Å². The molecule has 0 amide bonds. The normalized spacial score (nSPS) is 15.6. The molecular formula is C19H24FNO5. The maximum atomic E-state index is 14.3. The van der Waals surface area contributed by atoms with Crippen LogP contribution in [0.5, 0.6) is 0 Å². The Balaban J connectivity index is 2.24. The van der Waals surface area contributed by atoms with Gasteiger partial charge in [0, 0.05) is 19.6 Å². The van der Waals surface area contributed by atoms with E-state index < -0.39 is 17.6 Å². The molecule has 0 bridgehead atoms. The number of hydrogen-bond acceptors (Lipinski definition) is 6. The number of ketones is 1. The first-order valence-corrected chi connectivity index (χ1v) is 8.68. The van der Waals surface area contributed by atoms with E-state index in [0.717, 1.165) is 24.9 Å². The summed E-state index contributed by atoms with van der Waals surface area (Å²) < 4.78 is 29.5. The fourth-order valence-electron chi connectivity index (χ4n) is 2.58. The first-order valence-electron chi connectivity index (χ1n) is 8.68. The smallest absolute Gasteiger partial charge is 0.345 e. The summed E-state index contributed by atoms with van der Waals surface area (Å²) in [5.74, 6) is -2.27. The first-order chi connectivity index (χ1) is 12.6. The highest BCUT2D eigenvalue weighted by Gasteiger charge is 2.25. The Bertz CT molecular complexity index is 668. The van der Waals surface area contributed by atoms with Crippen LogP contribution in [0.15, 0.2) is 30.0 Å². The second kappa shape index (κ2) is 10.0. The summed E-state index contributed by atoms with van der Waals surface area (Å²) in [4.78, 5) is 26.9. The number of halogens is 1. The molecule has 0 N–H and O–H groups in total. The second-order valence-corrected chi connectivity index (χ2v) is 5.74. The number of morpholine rings is 1. The van der Waals surface area contributed by atoms with Crippen molar-refractivity contribution in [3.63, 3.8) is 0 Å². The topological polar surface area (TPSA) is 65.1 Å². The van der Waals surface area contributed by atoms with E-state index in [1.165, 1.54) is 12.1 Å². The SMILES string of the molecule is CCOC=C(C(=O)OCC)C(=O)c1cc(CN2CCOCC2)ccc1F. The third-order valence-electron chi connectivity index (χ3n) is 3.89. The van der Waals surface area contributed by atoms with Gasteiger partial charge in [0.2, 0.25) is 5.78 Å². The van der Waals surface area contributed by atoms with Crippen LogP contribution in [-0.2, 0) is 25.5 Å². The van der Waals surface area contributed by atoms with Crippen molar-refractivity contribution in [2.75, 3.05) is 39.5 Å². The minimum atomic E-state index is -0.830. The average molecular weight is 365 g/mol. The summed E-state index contributed by atoms with van der Waals surface area (Å²) in [7, 11) is 0. The third kappa shape index (κ3) is 5.37. The van der Waals surface area contributed by atoms with Crippen molar-refractivity contribution < 1.29 is 28.2 Å². The van der Waals surface area contributed by atoms with Gasteiger partial charge < -0.3 is 14.2 Å². The Morgan fingerprint density at radius 1 is 1.23 bits per heavy atom. The first kappa shape index (κ1) is 20.1. The fraction of sp³-hybridized carbons (Fsp3) is 0.474. The number of esters is 1. The monoisotopic (exact) mass is 365 g/mol. The van der Waals surface area contributed by atoms with Crippen LogP contribution in [0.1, 0.15) is 29.8 Å². The number of hydrogen-bond donors (Lipinski definition) is 0. The molecule has 142 valence electrons. The van der Waals surface area contributed by atoms with Gasteiger partial charge >= 0.3 is 5.97 Å². The van der Waals surface area contributed by atoms with Crippen LogP contribution < -0.4 is 0 Å². The number of carbonyl (C=O) groups excluding carboxylic acids is 2. The molecule has 1 aromatic carbocycles. The summed E-state index contributed by atoms with van der Waals surface area (Å²) in [6, 6.07) is 4.36. The summed E-state index contributed by atoms with van der Waals surface area (Å²) in [6.45, 7) is 7.16. The van der Waals surface area contributed by atoms with Crippen LogP contribution in [0.2, 0.25) is 0 Å². The van der Waals surface area contributed by atoms with Crippen molar-refractivity contribution in [2.24, 2.45) is 0 Å². The molecule has 1 aromatic rings. The minimum Gasteiger partial charge on any atom is -0.500 e. The molecule has 1 aliphatic heterocycles.